The first kappa shape index (κ1) is 32.0. The number of ether oxygens (including phenoxy) is 1. The summed E-state index contributed by atoms with van der Waals surface area (Å²) in [6.07, 6.45) is 3.19. The van der Waals surface area contributed by atoms with Gasteiger partial charge in [-0.05, 0) is 77.4 Å². The lowest BCUT2D eigenvalue weighted by Crippen LogP contribution is -2.25. The van der Waals surface area contributed by atoms with E-state index in [2.05, 4.69) is 9.97 Å². The van der Waals surface area contributed by atoms with E-state index < -0.39 is 39.5 Å². The number of rotatable bonds is 8. The summed E-state index contributed by atoms with van der Waals surface area (Å²) in [4.78, 5) is 9.11. The van der Waals surface area contributed by atoms with Crippen molar-refractivity contribution in [2.24, 2.45) is 0 Å². The molecule has 43 heavy (non-hydrogen) atoms. The third kappa shape index (κ3) is 7.83. The smallest absolute Gasteiger partial charge is 0.466 e. The van der Waals surface area contributed by atoms with E-state index in [9.17, 15) is 9.13 Å². The molecule has 0 radical (unpaired) electrons. The summed E-state index contributed by atoms with van der Waals surface area (Å²) in [7, 11) is -7.62. The quantitative estimate of drug-likeness (QED) is 0.105. The number of phosphoric ester groups is 1. The second-order valence-electron chi connectivity index (χ2n) is 12.1. The Labute approximate surface area is 256 Å². The van der Waals surface area contributed by atoms with E-state index in [1.807, 2.05) is 24.3 Å². The topological polar surface area (TPSA) is 115 Å². The van der Waals surface area contributed by atoms with Crippen LogP contribution in [0, 0.1) is 0 Å². The molecule has 0 amide bonds. The van der Waals surface area contributed by atoms with E-state index in [1.54, 1.807) is 72.0 Å². The van der Waals surface area contributed by atoms with Crippen LogP contribution >= 0.6 is 27.0 Å². The summed E-state index contributed by atoms with van der Waals surface area (Å²) in [6, 6.07) is 14.4. The molecule has 2 aromatic heterocycles. The summed E-state index contributed by atoms with van der Waals surface area (Å²) in [5, 5.41) is 2.27. The van der Waals surface area contributed by atoms with E-state index in [0.717, 1.165) is 5.56 Å². The fraction of sp³-hybridized carbons (Fsp3) is 0.400. The second kappa shape index (κ2) is 12.2. The van der Waals surface area contributed by atoms with Gasteiger partial charge in [-0.1, -0.05) is 29.8 Å². The molecule has 1 fully saturated rings. The number of phosphoric acid groups is 1. The molecule has 10 nitrogen and oxygen atoms in total. The number of halogens is 1. The average Bonchev–Trinajstić information content (AvgIpc) is 2.90. The molecule has 230 valence electrons. The van der Waals surface area contributed by atoms with Crippen molar-refractivity contribution in [2.45, 2.75) is 65.3 Å². The minimum Gasteiger partial charge on any atom is -0.466 e. The third-order valence-electron chi connectivity index (χ3n) is 6.15. The molecule has 13 heteroatoms. The first-order chi connectivity index (χ1) is 20.1. The molecule has 0 saturated carbocycles. The van der Waals surface area contributed by atoms with Crippen LogP contribution in [-0.4, -0.2) is 34.6 Å². The maximum absolute atomic E-state index is 13.8. The van der Waals surface area contributed by atoms with Crippen molar-refractivity contribution in [3.05, 3.63) is 71.5 Å². The molecular formula is C30H35ClN2O8P2. The van der Waals surface area contributed by atoms with Gasteiger partial charge in [-0.3, -0.25) is 28.1 Å². The van der Waals surface area contributed by atoms with E-state index in [0.29, 0.717) is 44.3 Å². The van der Waals surface area contributed by atoms with Gasteiger partial charge >= 0.3 is 15.4 Å². The summed E-state index contributed by atoms with van der Waals surface area (Å²) in [6.45, 7) is 10.4. The van der Waals surface area contributed by atoms with Crippen molar-refractivity contribution in [2.75, 3.05) is 13.4 Å². The maximum atomic E-state index is 13.8. The highest BCUT2D eigenvalue weighted by Gasteiger charge is 2.38. The van der Waals surface area contributed by atoms with Crippen LogP contribution in [0.1, 0.15) is 59.6 Å². The van der Waals surface area contributed by atoms with E-state index in [4.69, 9.17) is 39.0 Å². The Morgan fingerprint density at radius 3 is 2.44 bits per heavy atom. The molecule has 5 rings (SSSR count). The van der Waals surface area contributed by atoms with Gasteiger partial charge in [0.1, 0.15) is 11.3 Å². The molecule has 1 unspecified atom stereocenters. The Hall–Kier alpha value is -2.39. The molecular weight excluding hydrogens is 614 g/mol. The molecule has 0 bridgehead atoms. The molecule has 3 heterocycles. The predicted octanol–water partition coefficient (Wildman–Crippen LogP) is 8.52. The van der Waals surface area contributed by atoms with Crippen LogP contribution in [0.5, 0.6) is 5.75 Å². The molecule has 0 N–H and O–H groups in total. The van der Waals surface area contributed by atoms with Crippen molar-refractivity contribution < 1.29 is 36.5 Å². The first-order valence-electron chi connectivity index (χ1n) is 13.8. The monoisotopic (exact) mass is 648 g/mol. The molecule has 1 aliphatic rings. The van der Waals surface area contributed by atoms with Gasteiger partial charge in [0.2, 0.25) is 0 Å². The Morgan fingerprint density at radius 1 is 1.00 bits per heavy atom. The Balaban J connectivity index is 1.38. The highest BCUT2D eigenvalue weighted by molar-refractivity contribution is 7.62. The van der Waals surface area contributed by atoms with E-state index in [1.165, 1.54) is 6.20 Å². The van der Waals surface area contributed by atoms with Gasteiger partial charge in [0, 0.05) is 34.6 Å². The number of benzene rings is 2. The normalized spacial score (nSPS) is 20.0. The average molecular weight is 649 g/mol. The Kier molecular flexibility index (Phi) is 9.07. The minimum atomic E-state index is -3.96. The molecule has 4 aromatic rings. The van der Waals surface area contributed by atoms with E-state index in [-0.39, 0.29) is 6.61 Å². The highest BCUT2D eigenvalue weighted by Crippen LogP contribution is 2.56. The number of hydrogen-bond acceptors (Lipinski definition) is 10. The van der Waals surface area contributed by atoms with Crippen LogP contribution in [0.4, 0.5) is 0 Å². The van der Waals surface area contributed by atoms with Gasteiger partial charge in [0.15, 0.2) is 6.79 Å². The standard InChI is InChI=1S/C30H35ClN2O8P2/c1-29(2,3)40-43(35,41-30(4,5)6)38-19-36-26-12-14-32-28-24(26)11-10-21-17-23(18-33-27(21)28)42(34)37-15-13-25(39-42)20-8-7-9-22(31)16-20/h7-12,14,16-18,25H,13,15,19H2,1-6H3/t25-,42?/m0/s1. The summed E-state index contributed by atoms with van der Waals surface area (Å²) in [5.74, 6) is 0.437. The van der Waals surface area contributed by atoms with Crippen LogP contribution < -0.4 is 10.0 Å². The molecule has 2 atom stereocenters. The summed E-state index contributed by atoms with van der Waals surface area (Å²) in [5.41, 5.74) is 0.413. The van der Waals surface area contributed by atoms with Gasteiger partial charge in [0.25, 0.3) is 0 Å². The highest BCUT2D eigenvalue weighted by atomic mass is 35.5. The van der Waals surface area contributed by atoms with Crippen molar-refractivity contribution in [3.8, 4) is 5.75 Å². The van der Waals surface area contributed by atoms with Crippen molar-refractivity contribution >= 4 is 54.1 Å². The van der Waals surface area contributed by atoms with Gasteiger partial charge in [0.05, 0.1) is 34.7 Å². The Bertz CT molecular complexity index is 1720. The van der Waals surface area contributed by atoms with Gasteiger partial charge in [-0.15, -0.1) is 0 Å². The zero-order chi connectivity index (χ0) is 31.0. The predicted molar refractivity (Wildman–Crippen MR) is 166 cm³/mol. The lowest BCUT2D eigenvalue weighted by Gasteiger charge is -2.30. The molecule has 0 spiro atoms. The number of pyridine rings is 2. The largest absolute Gasteiger partial charge is 0.478 e. The van der Waals surface area contributed by atoms with Gasteiger partial charge in [-0.25, -0.2) is 9.09 Å². The van der Waals surface area contributed by atoms with Crippen LogP contribution in [0.2, 0.25) is 5.02 Å². The lowest BCUT2D eigenvalue weighted by atomic mass is 10.1. The van der Waals surface area contributed by atoms with Crippen LogP contribution in [0.25, 0.3) is 21.8 Å². The second-order valence-corrected chi connectivity index (χ2v) is 16.0. The zero-order valence-corrected chi connectivity index (χ0v) is 27.4. The van der Waals surface area contributed by atoms with Crippen molar-refractivity contribution in [3.63, 3.8) is 0 Å². The first-order valence-corrected chi connectivity index (χ1v) is 17.2. The number of nitrogens with zero attached hydrogens (tertiary/aromatic N) is 2. The summed E-state index contributed by atoms with van der Waals surface area (Å²) >= 11 is 6.16. The molecule has 1 aliphatic heterocycles. The van der Waals surface area contributed by atoms with Crippen molar-refractivity contribution in [1.82, 2.24) is 9.97 Å². The summed E-state index contributed by atoms with van der Waals surface area (Å²) < 4.78 is 61.6. The fourth-order valence-electron chi connectivity index (χ4n) is 4.55. The lowest BCUT2D eigenvalue weighted by molar-refractivity contribution is -0.0186. The van der Waals surface area contributed by atoms with Crippen LogP contribution in [0.3, 0.4) is 0 Å². The van der Waals surface area contributed by atoms with Gasteiger partial charge in [-0.2, -0.15) is 0 Å². The van der Waals surface area contributed by atoms with Crippen molar-refractivity contribution in [1.29, 1.82) is 0 Å². The number of aromatic nitrogens is 2. The zero-order valence-electron chi connectivity index (χ0n) is 24.9. The number of hydrogen-bond donors (Lipinski definition) is 0. The molecule has 0 aliphatic carbocycles. The Morgan fingerprint density at radius 2 is 1.74 bits per heavy atom. The van der Waals surface area contributed by atoms with E-state index >= 15 is 0 Å². The third-order valence-corrected chi connectivity index (χ3v) is 10.3. The SMILES string of the molecule is CC(C)(C)OP(=O)(OCOc1ccnc2c1ccc1cc(P3(=O)OCC[C@@H](c4cccc(Cl)c4)O3)cnc12)OC(C)(C)C. The molecule has 1 saturated heterocycles. The fourth-order valence-corrected chi connectivity index (χ4v) is 8.15. The van der Waals surface area contributed by atoms with Crippen LogP contribution in [-0.2, 0) is 31.7 Å². The number of fused-ring (bicyclic) bond motifs is 3. The van der Waals surface area contributed by atoms with Gasteiger partial charge < -0.3 is 9.26 Å². The maximum Gasteiger partial charge on any atom is 0.478 e. The molecule has 2 aromatic carbocycles. The van der Waals surface area contributed by atoms with Crippen LogP contribution in [0.15, 0.2) is 60.9 Å². The minimum absolute atomic E-state index is 0.267.